The average Bonchev–Trinajstić information content (AvgIpc) is 2.77. The molecule has 22 heavy (non-hydrogen) atoms. The van der Waals surface area contributed by atoms with Gasteiger partial charge in [-0.2, -0.15) is 0 Å². The molecule has 0 aromatic rings. The number of aliphatic hydroxyl groups excluding tert-OH is 1. The first kappa shape index (κ1) is 14.4. The second-order valence-electron chi connectivity index (χ2n) is 8.25. The quantitative estimate of drug-likeness (QED) is 0.730. The van der Waals surface area contributed by atoms with Gasteiger partial charge in [0, 0.05) is 18.3 Å². The number of allylic oxidation sites excluding steroid dienone is 4. The molecular formula is C20H26O2. The van der Waals surface area contributed by atoms with Crippen molar-refractivity contribution in [2.24, 2.45) is 16.7 Å². The maximum Gasteiger partial charge on any atom is 0.155 e. The molecule has 0 saturated carbocycles. The highest BCUT2D eigenvalue weighted by molar-refractivity contribution is 5.92. The molecule has 0 fully saturated rings. The maximum atomic E-state index is 11.8. The van der Waals surface area contributed by atoms with E-state index < -0.39 is 6.10 Å². The number of hydrogen-bond donors (Lipinski definition) is 1. The molecule has 2 nitrogen and oxygen atoms in total. The van der Waals surface area contributed by atoms with Gasteiger partial charge >= 0.3 is 0 Å². The Labute approximate surface area is 133 Å². The predicted molar refractivity (Wildman–Crippen MR) is 87.3 cm³/mol. The zero-order valence-electron chi connectivity index (χ0n) is 13.9. The maximum absolute atomic E-state index is 11.8. The van der Waals surface area contributed by atoms with E-state index >= 15 is 0 Å². The van der Waals surface area contributed by atoms with Crippen LogP contribution in [0.1, 0.15) is 59.3 Å². The first-order chi connectivity index (χ1) is 10.4. The Morgan fingerprint density at radius 2 is 2.00 bits per heavy atom. The fraction of sp³-hybridized carbons (Fsp3) is 0.650. The van der Waals surface area contributed by atoms with Crippen LogP contribution in [0, 0.1) is 16.7 Å². The van der Waals surface area contributed by atoms with Gasteiger partial charge in [-0.25, -0.2) is 0 Å². The fourth-order valence-electron chi connectivity index (χ4n) is 5.46. The van der Waals surface area contributed by atoms with Gasteiger partial charge in [-0.15, -0.1) is 0 Å². The number of fused-ring (bicyclic) bond motifs is 4. The zero-order valence-corrected chi connectivity index (χ0v) is 13.9. The lowest BCUT2D eigenvalue weighted by Crippen LogP contribution is -2.42. The molecule has 4 aliphatic rings. The third-order valence-electron chi connectivity index (χ3n) is 7.21. The first-order valence-corrected chi connectivity index (χ1v) is 8.73. The minimum atomic E-state index is -0.479. The van der Waals surface area contributed by atoms with Gasteiger partial charge in [0.25, 0.3) is 0 Å². The zero-order chi connectivity index (χ0) is 15.7. The van der Waals surface area contributed by atoms with Gasteiger partial charge < -0.3 is 5.11 Å². The Kier molecular flexibility index (Phi) is 2.92. The van der Waals surface area contributed by atoms with Crippen molar-refractivity contribution in [3.63, 3.8) is 0 Å². The Bertz CT molecular complexity index is 651. The topological polar surface area (TPSA) is 37.3 Å². The van der Waals surface area contributed by atoms with Crippen molar-refractivity contribution < 1.29 is 9.90 Å². The molecule has 0 spiro atoms. The predicted octanol–water partition coefficient (Wildman–Crippen LogP) is 4.11. The second-order valence-corrected chi connectivity index (χ2v) is 8.25. The molecule has 0 saturated heterocycles. The van der Waals surface area contributed by atoms with Gasteiger partial charge in [0.1, 0.15) is 0 Å². The van der Waals surface area contributed by atoms with Crippen molar-refractivity contribution in [2.45, 2.75) is 65.4 Å². The number of carbonyl (C=O) groups is 1. The Balaban J connectivity index is 1.87. The van der Waals surface area contributed by atoms with E-state index in [4.69, 9.17) is 0 Å². The summed E-state index contributed by atoms with van der Waals surface area (Å²) < 4.78 is 0. The van der Waals surface area contributed by atoms with Gasteiger partial charge in [-0.05, 0) is 59.8 Å². The summed E-state index contributed by atoms with van der Waals surface area (Å²) in [5.41, 5.74) is 5.65. The smallest absolute Gasteiger partial charge is 0.155 e. The summed E-state index contributed by atoms with van der Waals surface area (Å²) in [5.74, 6) is 0.885. The van der Waals surface area contributed by atoms with Gasteiger partial charge in [-0.3, -0.25) is 4.79 Å². The molecule has 0 aliphatic heterocycles. The molecule has 0 aromatic carbocycles. The van der Waals surface area contributed by atoms with Gasteiger partial charge in [0.15, 0.2) is 5.78 Å². The van der Waals surface area contributed by atoms with Crippen molar-refractivity contribution >= 4 is 5.78 Å². The molecule has 0 amide bonds. The summed E-state index contributed by atoms with van der Waals surface area (Å²) in [6.07, 6.45) is 9.40. The van der Waals surface area contributed by atoms with Crippen LogP contribution in [-0.4, -0.2) is 17.0 Å². The lowest BCUT2D eigenvalue weighted by molar-refractivity contribution is -0.115. The molecule has 0 bridgehead atoms. The number of aliphatic hydroxyl groups is 1. The van der Waals surface area contributed by atoms with E-state index in [1.807, 2.05) is 0 Å². The number of hydrogen-bond acceptors (Lipinski definition) is 2. The van der Waals surface area contributed by atoms with E-state index in [-0.39, 0.29) is 11.2 Å². The summed E-state index contributed by atoms with van der Waals surface area (Å²) in [5, 5.41) is 10.7. The van der Waals surface area contributed by atoms with Crippen LogP contribution >= 0.6 is 0 Å². The minimum absolute atomic E-state index is 0.0884. The Morgan fingerprint density at radius 3 is 2.77 bits per heavy atom. The van der Waals surface area contributed by atoms with E-state index in [0.717, 1.165) is 24.8 Å². The van der Waals surface area contributed by atoms with E-state index in [1.54, 1.807) is 6.08 Å². The summed E-state index contributed by atoms with van der Waals surface area (Å²) in [7, 11) is 0. The number of ketones is 1. The molecule has 0 aromatic heterocycles. The second kappa shape index (κ2) is 4.44. The van der Waals surface area contributed by atoms with Crippen LogP contribution in [0.25, 0.3) is 0 Å². The van der Waals surface area contributed by atoms with Crippen LogP contribution < -0.4 is 0 Å². The van der Waals surface area contributed by atoms with Crippen molar-refractivity contribution in [1.82, 2.24) is 0 Å². The van der Waals surface area contributed by atoms with Gasteiger partial charge in [0.2, 0.25) is 0 Å². The molecule has 4 atom stereocenters. The van der Waals surface area contributed by atoms with Crippen LogP contribution in [0.15, 0.2) is 34.4 Å². The molecule has 4 rings (SSSR count). The molecular weight excluding hydrogens is 272 g/mol. The third kappa shape index (κ3) is 1.68. The van der Waals surface area contributed by atoms with Crippen LogP contribution in [0.2, 0.25) is 0 Å². The largest absolute Gasteiger partial charge is 0.388 e. The number of carbonyl (C=O) groups excluding carboxylic acids is 1. The molecule has 3 unspecified atom stereocenters. The highest BCUT2D eigenvalue weighted by Gasteiger charge is 2.51. The number of rotatable bonds is 0. The molecule has 118 valence electrons. The lowest BCUT2D eigenvalue weighted by Gasteiger charge is -2.50. The lowest BCUT2D eigenvalue weighted by atomic mass is 9.54. The van der Waals surface area contributed by atoms with E-state index in [9.17, 15) is 9.90 Å². The SMILES string of the molecule is CC1CC=C2C3=C(CCC21C)C1(C)CCC(=O)C=C1[C@@H](O)C3. The molecule has 0 radical (unpaired) electrons. The summed E-state index contributed by atoms with van der Waals surface area (Å²) in [4.78, 5) is 11.8. The minimum Gasteiger partial charge on any atom is -0.388 e. The standard InChI is InChI=1S/C20H26O2/c1-12-4-5-15-14-11-18(22)17-10-13(21)6-8-20(17,3)16(14)7-9-19(12,15)2/h5,10,12,18,22H,4,6-9,11H2,1-3H3/t12?,18-,19?,20?/m0/s1. The first-order valence-electron chi connectivity index (χ1n) is 8.73. The van der Waals surface area contributed by atoms with E-state index in [2.05, 4.69) is 26.8 Å². The summed E-state index contributed by atoms with van der Waals surface area (Å²) >= 11 is 0. The molecule has 2 heteroatoms. The van der Waals surface area contributed by atoms with Crippen molar-refractivity contribution in [2.75, 3.05) is 0 Å². The van der Waals surface area contributed by atoms with Gasteiger partial charge in [-0.1, -0.05) is 32.4 Å². The normalized spacial score (nSPS) is 44.1. The fourth-order valence-corrected chi connectivity index (χ4v) is 5.46. The van der Waals surface area contributed by atoms with Crippen molar-refractivity contribution in [3.8, 4) is 0 Å². The van der Waals surface area contributed by atoms with E-state index in [1.165, 1.54) is 23.1 Å². The van der Waals surface area contributed by atoms with Crippen LogP contribution in [0.3, 0.4) is 0 Å². The van der Waals surface area contributed by atoms with Crippen LogP contribution in [0.5, 0.6) is 0 Å². The molecule has 4 aliphatic carbocycles. The van der Waals surface area contributed by atoms with Crippen LogP contribution in [0.4, 0.5) is 0 Å². The van der Waals surface area contributed by atoms with Crippen molar-refractivity contribution in [3.05, 3.63) is 34.4 Å². The molecule has 1 N–H and O–H groups in total. The van der Waals surface area contributed by atoms with Crippen LogP contribution in [-0.2, 0) is 4.79 Å². The van der Waals surface area contributed by atoms with Gasteiger partial charge in [0.05, 0.1) is 6.10 Å². The third-order valence-corrected chi connectivity index (χ3v) is 7.21. The average molecular weight is 298 g/mol. The Morgan fingerprint density at radius 1 is 1.23 bits per heavy atom. The summed E-state index contributed by atoms with van der Waals surface area (Å²) in [6.45, 7) is 7.02. The monoisotopic (exact) mass is 298 g/mol. The Hall–Kier alpha value is -1.15. The van der Waals surface area contributed by atoms with E-state index in [0.29, 0.717) is 24.2 Å². The highest BCUT2D eigenvalue weighted by Crippen LogP contribution is 2.61. The summed E-state index contributed by atoms with van der Waals surface area (Å²) in [6, 6.07) is 0. The molecule has 0 heterocycles. The highest BCUT2D eigenvalue weighted by atomic mass is 16.3. The van der Waals surface area contributed by atoms with Crippen molar-refractivity contribution in [1.29, 1.82) is 0 Å².